The smallest absolute Gasteiger partial charge is 0.289 e. The first-order valence-electron chi connectivity index (χ1n) is 4.39. The van der Waals surface area contributed by atoms with Crippen molar-refractivity contribution in [2.75, 3.05) is 0 Å². The Hall–Kier alpha value is -1.65. The topological polar surface area (TPSA) is 17.1 Å². The summed E-state index contributed by atoms with van der Waals surface area (Å²) in [6.07, 6.45) is -2.21. The van der Waals surface area contributed by atoms with Gasteiger partial charge in [-0.25, -0.2) is 4.39 Å². The van der Waals surface area contributed by atoms with Gasteiger partial charge in [0.2, 0.25) is 0 Å². The van der Waals surface area contributed by atoms with E-state index in [4.69, 9.17) is 0 Å². The summed E-state index contributed by atoms with van der Waals surface area (Å²) < 4.78 is 49.8. The van der Waals surface area contributed by atoms with Gasteiger partial charge in [-0.2, -0.15) is 13.2 Å². The Morgan fingerprint density at radius 3 is 2.38 bits per heavy atom. The van der Waals surface area contributed by atoms with Crippen LogP contribution in [0, 0.1) is 5.82 Å². The molecule has 0 heterocycles. The van der Waals surface area contributed by atoms with Gasteiger partial charge in [0.15, 0.2) is 5.78 Å². The van der Waals surface area contributed by atoms with E-state index >= 15 is 0 Å². The first-order chi connectivity index (χ1) is 7.34. The number of rotatable bonds is 2. The molecule has 0 N–H and O–H groups in total. The Labute approximate surface area is 89.4 Å². The summed E-state index contributed by atoms with van der Waals surface area (Å²) in [5.74, 6) is -1.74. The predicted octanol–water partition coefficient (Wildman–Crippen LogP) is 3.60. The molecule has 1 nitrogen and oxygen atoms in total. The minimum absolute atomic E-state index is 0.314. The van der Waals surface area contributed by atoms with Crippen LogP contribution in [0.3, 0.4) is 0 Å². The van der Waals surface area contributed by atoms with E-state index in [1.165, 1.54) is 6.08 Å². The van der Waals surface area contributed by atoms with E-state index in [1.807, 2.05) is 0 Å². The van der Waals surface area contributed by atoms with E-state index in [0.717, 1.165) is 12.1 Å². The zero-order valence-electron chi connectivity index (χ0n) is 8.31. The van der Waals surface area contributed by atoms with Crippen LogP contribution < -0.4 is 0 Å². The molecule has 0 saturated heterocycles. The van der Waals surface area contributed by atoms with Crippen molar-refractivity contribution in [3.63, 3.8) is 0 Å². The van der Waals surface area contributed by atoms with Crippen LogP contribution in [0.2, 0.25) is 0 Å². The Morgan fingerprint density at radius 1 is 1.25 bits per heavy atom. The quantitative estimate of drug-likeness (QED) is 0.432. The van der Waals surface area contributed by atoms with Gasteiger partial charge < -0.3 is 0 Å². The minimum Gasteiger partial charge on any atom is -0.289 e. The summed E-state index contributed by atoms with van der Waals surface area (Å²) in [4.78, 5) is 11.3. The Balaban J connectivity index is 3.23. The van der Waals surface area contributed by atoms with Crippen LogP contribution >= 0.6 is 0 Å². The molecular weight excluding hydrogens is 224 g/mol. The zero-order chi connectivity index (χ0) is 12.3. The predicted molar refractivity (Wildman–Crippen MR) is 50.5 cm³/mol. The third kappa shape index (κ3) is 2.92. The molecule has 5 heteroatoms. The van der Waals surface area contributed by atoms with Crippen molar-refractivity contribution in [1.29, 1.82) is 0 Å². The number of benzene rings is 1. The third-order valence-electron chi connectivity index (χ3n) is 1.83. The molecule has 0 aliphatic rings. The SMILES string of the molecule is C/C=C/C(=O)c1cc(F)cc(C(F)(F)F)c1. The lowest BCUT2D eigenvalue weighted by Gasteiger charge is -2.07. The molecule has 0 spiro atoms. The van der Waals surface area contributed by atoms with Crippen LogP contribution in [0.15, 0.2) is 30.4 Å². The van der Waals surface area contributed by atoms with Crippen molar-refractivity contribution >= 4 is 5.78 Å². The molecule has 0 aromatic heterocycles. The number of allylic oxidation sites excluding steroid dienone is 2. The third-order valence-corrected chi connectivity index (χ3v) is 1.83. The Morgan fingerprint density at radius 2 is 1.88 bits per heavy atom. The van der Waals surface area contributed by atoms with E-state index in [9.17, 15) is 22.4 Å². The van der Waals surface area contributed by atoms with Crippen molar-refractivity contribution in [3.8, 4) is 0 Å². The van der Waals surface area contributed by atoms with Gasteiger partial charge in [-0.15, -0.1) is 0 Å². The highest BCUT2D eigenvalue weighted by Crippen LogP contribution is 2.30. The fraction of sp³-hybridized carbons (Fsp3) is 0.182. The van der Waals surface area contributed by atoms with E-state index in [-0.39, 0.29) is 5.56 Å². The molecule has 0 radical (unpaired) electrons. The molecule has 1 aromatic rings. The fourth-order valence-corrected chi connectivity index (χ4v) is 1.14. The number of ketones is 1. The zero-order valence-corrected chi connectivity index (χ0v) is 8.31. The van der Waals surface area contributed by atoms with Crippen LogP contribution in [-0.2, 0) is 6.18 Å². The molecule has 0 unspecified atom stereocenters. The van der Waals surface area contributed by atoms with Gasteiger partial charge in [0.1, 0.15) is 5.82 Å². The van der Waals surface area contributed by atoms with Gasteiger partial charge >= 0.3 is 6.18 Å². The van der Waals surface area contributed by atoms with E-state index in [1.54, 1.807) is 6.92 Å². The second-order valence-electron chi connectivity index (χ2n) is 3.09. The first-order valence-corrected chi connectivity index (χ1v) is 4.39. The summed E-state index contributed by atoms with van der Waals surface area (Å²) in [6, 6.07) is 1.76. The van der Waals surface area contributed by atoms with Crippen LogP contribution in [0.5, 0.6) is 0 Å². The molecule has 0 aliphatic heterocycles. The van der Waals surface area contributed by atoms with Crippen LogP contribution in [0.4, 0.5) is 17.6 Å². The summed E-state index contributed by atoms with van der Waals surface area (Å²) >= 11 is 0. The highest BCUT2D eigenvalue weighted by atomic mass is 19.4. The molecule has 0 bridgehead atoms. The van der Waals surface area contributed by atoms with Crippen molar-refractivity contribution in [1.82, 2.24) is 0 Å². The van der Waals surface area contributed by atoms with Crippen molar-refractivity contribution in [3.05, 3.63) is 47.3 Å². The molecule has 1 rings (SSSR count). The number of alkyl halides is 3. The molecular formula is C11H8F4O. The van der Waals surface area contributed by atoms with Crippen LogP contribution in [0.25, 0.3) is 0 Å². The second kappa shape index (κ2) is 4.47. The van der Waals surface area contributed by atoms with E-state index < -0.39 is 23.3 Å². The van der Waals surface area contributed by atoms with Gasteiger partial charge in [-0.1, -0.05) is 6.08 Å². The lowest BCUT2D eigenvalue weighted by molar-refractivity contribution is -0.137. The first kappa shape index (κ1) is 12.4. The molecule has 0 saturated carbocycles. The second-order valence-corrected chi connectivity index (χ2v) is 3.09. The van der Waals surface area contributed by atoms with Crippen molar-refractivity contribution < 1.29 is 22.4 Å². The fourth-order valence-electron chi connectivity index (χ4n) is 1.14. The summed E-state index contributed by atoms with van der Waals surface area (Å²) in [5, 5.41) is 0. The van der Waals surface area contributed by atoms with E-state index in [2.05, 4.69) is 0 Å². The van der Waals surface area contributed by atoms with Crippen molar-refractivity contribution in [2.24, 2.45) is 0 Å². The average molecular weight is 232 g/mol. The number of halogens is 4. The summed E-state index contributed by atoms with van der Waals surface area (Å²) in [6.45, 7) is 1.54. The van der Waals surface area contributed by atoms with Gasteiger partial charge in [0.05, 0.1) is 5.56 Å². The molecule has 0 atom stereocenters. The number of hydrogen-bond acceptors (Lipinski definition) is 1. The van der Waals surface area contributed by atoms with Gasteiger partial charge in [-0.05, 0) is 31.2 Å². The maximum absolute atomic E-state index is 12.9. The lowest BCUT2D eigenvalue weighted by Crippen LogP contribution is -2.07. The molecule has 0 fully saturated rings. The normalized spacial score (nSPS) is 12.1. The molecule has 0 aliphatic carbocycles. The van der Waals surface area contributed by atoms with Crippen LogP contribution in [0.1, 0.15) is 22.8 Å². The average Bonchev–Trinajstić information content (AvgIpc) is 2.16. The highest BCUT2D eigenvalue weighted by molar-refractivity contribution is 6.04. The standard InChI is InChI=1S/C11H8F4O/c1-2-3-10(16)7-4-8(11(13,14)15)6-9(12)5-7/h2-6H,1H3/b3-2+. The van der Waals surface area contributed by atoms with Crippen LogP contribution in [-0.4, -0.2) is 5.78 Å². The summed E-state index contributed by atoms with van der Waals surface area (Å²) in [5.41, 5.74) is -1.48. The number of hydrogen-bond donors (Lipinski definition) is 0. The summed E-state index contributed by atoms with van der Waals surface area (Å²) in [7, 11) is 0. The number of carbonyl (C=O) groups excluding carboxylic acids is 1. The molecule has 0 amide bonds. The molecule has 1 aromatic carbocycles. The Bertz CT molecular complexity index is 432. The largest absolute Gasteiger partial charge is 0.416 e. The van der Waals surface area contributed by atoms with Gasteiger partial charge in [0.25, 0.3) is 0 Å². The highest BCUT2D eigenvalue weighted by Gasteiger charge is 2.31. The van der Waals surface area contributed by atoms with Gasteiger partial charge in [0, 0.05) is 5.56 Å². The molecule has 86 valence electrons. The monoisotopic (exact) mass is 232 g/mol. The molecule has 16 heavy (non-hydrogen) atoms. The Kier molecular flexibility index (Phi) is 3.47. The van der Waals surface area contributed by atoms with E-state index in [0.29, 0.717) is 12.1 Å². The lowest BCUT2D eigenvalue weighted by atomic mass is 10.1. The van der Waals surface area contributed by atoms with Gasteiger partial charge in [-0.3, -0.25) is 4.79 Å². The van der Waals surface area contributed by atoms with Crippen molar-refractivity contribution in [2.45, 2.75) is 13.1 Å². The minimum atomic E-state index is -4.66. The maximum Gasteiger partial charge on any atom is 0.416 e. The maximum atomic E-state index is 12.9. The number of carbonyl (C=O) groups is 1.